The highest BCUT2D eigenvalue weighted by Gasteiger charge is 2.51. The van der Waals surface area contributed by atoms with E-state index in [0.29, 0.717) is 5.84 Å². The number of nitrogens with zero attached hydrogens (tertiary/aromatic N) is 2. The summed E-state index contributed by atoms with van der Waals surface area (Å²) in [5, 5.41) is 8.46. The highest BCUT2D eigenvalue weighted by atomic mass is 16.5. The number of hydrogen-bond acceptors (Lipinski definition) is 4. The smallest absolute Gasteiger partial charge is 0.160 e. The maximum Gasteiger partial charge on any atom is 0.160 e. The highest BCUT2D eigenvalue weighted by molar-refractivity contribution is 6.20. The molecule has 2 aliphatic heterocycles. The van der Waals surface area contributed by atoms with Gasteiger partial charge in [0.1, 0.15) is 23.5 Å². The highest BCUT2D eigenvalue weighted by Crippen LogP contribution is 2.62. The van der Waals surface area contributed by atoms with Crippen molar-refractivity contribution in [2.75, 3.05) is 0 Å². The molecule has 0 fully saturated rings. The molecular weight excluding hydrogens is 635 g/mol. The summed E-state index contributed by atoms with van der Waals surface area (Å²) in [5.74, 6) is 3.28. The minimum absolute atomic E-state index is 0.413. The van der Waals surface area contributed by atoms with Crippen molar-refractivity contribution >= 4 is 33.2 Å². The van der Waals surface area contributed by atoms with Crippen molar-refractivity contribution in [1.29, 1.82) is 0 Å². The second-order valence-electron chi connectivity index (χ2n) is 13.7. The fourth-order valence-electron chi connectivity index (χ4n) is 8.88. The zero-order valence-corrected chi connectivity index (χ0v) is 28.1. The Labute approximate surface area is 301 Å². The van der Waals surface area contributed by atoms with Gasteiger partial charge in [0.2, 0.25) is 0 Å². The average molecular weight is 666 g/mol. The third-order valence-corrected chi connectivity index (χ3v) is 11.0. The summed E-state index contributed by atoms with van der Waals surface area (Å²) in [4.78, 5) is 10.8. The normalized spacial score (nSPS) is 16.2. The molecule has 1 N–H and O–H groups in total. The Kier molecular flexibility index (Phi) is 6.20. The molecule has 0 saturated carbocycles. The molecule has 0 amide bonds. The van der Waals surface area contributed by atoms with Crippen molar-refractivity contribution in [2.45, 2.75) is 11.6 Å². The maximum absolute atomic E-state index is 6.59. The number of para-hydroxylation sites is 2. The number of rotatable bonds is 3. The summed E-state index contributed by atoms with van der Waals surface area (Å²) >= 11 is 0. The summed E-state index contributed by atoms with van der Waals surface area (Å²) in [5.41, 5.74) is 9.78. The molecule has 1 aliphatic carbocycles. The van der Waals surface area contributed by atoms with Gasteiger partial charge in [0, 0.05) is 27.8 Å². The molecule has 1 unspecified atom stereocenters. The molecule has 11 rings (SSSR count). The molecule has 1 spiro atoms. The molecule has 52 heavy (non-hydrogen) atoms. The van der Waals surface area contributed by atoms with Gasteiger partial charge in [0.05, 0.1) is 5.41 Å². The van der Waals surface area contributed by atoms with E-state index in [1.54, 1.807) is 0 Å². The first-order chi connectivity index (χ1) is 25.8. The molecule has 244 valence electrons. The Morgan fingerprint density at radius 1 is 0.462 bits per heavy atom. The summed E-state index contributed by atoms with van der Waals surface area (Å²) < 4.78 is 6.59. The van der Waals surface area contributed by atoms with Crippen LogP contribution in [0.5, 0.6) is 11.5 Å². The van der Waals surface area contributed by atoms with E-state index in [0.717, 1.165) is 61.3 Å². The first-order valence-corrected chi connectivity index (χ1v) is 17.8. The molecule has 8 aromatic carbocycles. The van der Waals surface area contributed by atoms with Crippen LogP contribution in [0.15, 0.2) is 186 Å². The van der Waals surface area contributed by atoms with E-state index in [1.807, 2.05) is 0 Å². The number of fused-ring (bicyclic) bond motifs is 11. The maximum atomic E-state index is 6.59. The SMILES string of the molecule is c1ccc2c(c1)Oc1ccccc1C21c2ccccc2-c2c(C3N=C(c4cccc5ccccc45)N=C(c4cccc5ccccc45)N3)cccc21. The quantitative estimate of drug-likeness (QED) is 0.204. The first-order valence-electron chi connectivity index (χ1n) is 17.8. The summed E-state index contributed by atoms with van der Waals surface area (Å²) in [6.45, 7) is 0. The second-order valence-corrected chi connectivity index (χ2v) is 13.7. The minimum Gasteiger partial charge on any atom is -0.457 e. The third kappa shape index (κ3) is 4.03. The van der Waals surface area contributed by atoms with Gasteiger partial charge in [-0.25, -0.2) is 9.98 Å². The van der Waals surface area contributed by atoms with E-state index in [4.69, 9.17) is 14.7 Å². The summed E-state index contributed by atoms with van der Waals surface area (Å²) in [7, 11) is 0. The predicted octanol–water partition coefficient (Wildman–Crippen LogP) is 11.0. The average Bonchev–Trinajstić information content (AvgIpc) is 3.51. The van der Waals surface area contributed by atoms with Gasteiger partial charge in [-0.3, -0.25) is 0 Å². The summed E-state index contributed by atoms with van der Waals surface area (Å²) in [6.07, 6.45) is -0.413. The monoisotopic (exact) mass is 665 g/mol. The van der Waals surface area contributed by atoms with Crippen LogP contribution in [0.25, 0.3) is 32.7 Å². The van der Waals surface area contributed by atoms with Crippen molar-refractivity contribution in [1.82, 2.24) is 5.32 Å². The largest absolute Gasteiger partial charge is 0.457 e. The fraction of sp³-hybridized carbons (Fsp3) is 0.0417. The number of nitrogens with one attached hydrogen (secondary N) is 1. The molecule has 3 aliphatic rings. The lowest BCUT2D eigenvalue weighted by atomic mass is 9.66. The van der Waals surface area contributed by atoms with Crippen LogP contribution in [0.4, 0.5) is 0 Å². The van der Waals surface area contributed by atoms with Gasteiger partial charge < -0.3 is 10.1 Å². The van der Waals surface area contributed by atoms with E-state index < -0.39 is 11.6 Å². The van der Waals surface area contributed by atoms with Gasteiger partial charge in [-0.2, -0.15) is 0 Å². The van der Waals surface area contributed by atoms with Crippen LogP contribution >= 0.6 is 0 Å². The van der Waals surface area contributed by atoms with Crippen LogP contribution in [0, 0.1) is 0 Å². The van der Waals surface area contributed by atoms with Gasteiger partial charge in [0.15, 0.2) is 5.84 Å². The molecule has 0 bridgehead atoms. The van der Waals surface area contributed by atoms with Crippen molar-refractivity contribution < 1.29 is 4.74 Å². The van der Waals surface area contributed by atoms with Crippen molar-refractivity contribution in [3.05, 3.63) is 215 Å². The predicted molar refractivity (Wildman–Crippen MR) is 211 cm³/mol. The van der Waals surface area contributed by atoms with Crippen molar-refractivity contribution in [2.24, 2.45) is 9.98 Å². The van der Waals surface area contributed by atoms with Crippen LogP contribution in [-0.4, -0.2) is 11.7 Å². The van der Waals surface area contributed by atoms with E-state index in [-0.39, 0.29) is 0 Å². The van der Waals surface area contributed by atoms with Gasteiger partial charge in [0.25, 0.3) is 0 Å². The van der Waals surface area contributed by atoms with E-state index >= 15 is 0 Å². The summed E-state index contributed by atoms with van der Waals surface area (Å²) in [6, 6.07) is 62.4. The Morgan fingerprint density at radius 2 is 0.981 bits per heavy atom. The molecule has 0 aromatic heterocycles. The number of hydrogen-bond donors (Lipinski definition) is 1. The van der Waals surface area contributed by atoms with Gasteiger partial charge in [-0.15, -0.1) is 0 Å². The molecular formula is C48H31N3O. The molecule has 0 saturated heterocycles. The number of amidine groups is 2. The molecule has 1 atom stereocenters. The molecule has 0 radical (unpaired) electrons. The van der Waals surface area contributed by atoms with Gasteiger partial charge in [-0.1, -0.05) is 164 Å². The number of benzene rings is 8. The van der Waals surface area contributed by atoms with Crippen LogP contribution in [0.2, 0.25) is 0 Å². The molecule has 4 heteroatoms. The first kappa shape index (κ1) is 29.0. The number of aliphatic imine (C=N–C) groups is 2. The van der Waals surface area contributed by atoms with Crippen LogP contribution in [-0.2, 0) is 5.41 Å². The van der Waals surface area contributed by atoms with E-state index in [9.17, 15) is 0 Å². The number of ether oxygens (including phenoxy) is 1. The molecule has 8 aromatic rings. The lowest BCUT2D eigenvalue weighted by Crippen LogP contribution is -2.34. The van der Waals surface area contributed by atoms with E-state index in [2.05, 4.69) is 181 Å². The third-order valence-electron chi connectivity index (χ3n) is 11.0. The van der Waals surface area contributed by atoms with Gasteiger partial charge in [-0.05, 0) is 55.9 Å². The Balaban J connectivity index is 1.18. The second kappa shape index (κ2) is 11.1. The fourth-order valence-corrected chi connectivity index (χ4v) is 8.88. The van der Waals surface area contributed by atoms with Crippen molar-refractivity contribution in [3.63, 3.8) is 0 Å². The lowest BCUT2D eigenvalue weighted by Gasteiger charge is -2.39. The zero-order chi connectivity index (χ0) is 34.2. The Hall–Kier alpha value is -6.78. The van der Waals surface area contributed by atoms with Crippen LogP contribution in [0.1, 0.15) is 45.1 Å². The molecule has 2 heterocycles. The van der Waals surface area contributed by atoms with Crippen LogP contribution < -0.4 is 10.1 Å². The topological polar surface area (TPSA) is 46.0 Å². The standard InChI is InChI=1S/C48H31N3O/c1-3-18-32-30(14-1)16-11-21-34(32)45-49-46(35-22-12-17-31-15-2-4-19-33(31)35)51-47(50-45)37-23-13-27-41-44(37)36-20-5-6-24-38(36)48(41)39-25-7-9-28-42(39)52-43-29-10-8-26-40(43)48/h1-29,47H,(H,49,50,51). The zero-order valence-electron chi connectivity index (χ0n) is 28.1. The Bertz CT molecular complexity index is 2780. The molecule has 4 nitrogen and oxygen atoms in total. The Morgan fingerprint density at radius 3 is 1.71 bits per heavy atom. The van der Waals surface area contributed by atoms with Crippen molar-refractivity contribution in [3.8, 4) is 22.6 Å². The van der Waals surface area contributed by atoms with Crippen LogP contribution in [0.3, 0.4) is 0 Å². The lowest BCUT2D eigenvalue weighted by molar-refractivity contribution is 0.436. The van der Waals surface area contributed by atoms with E-state index in [1.165, 1.54) is 27.6 Å². The van der Waals surface area contributed by atoms with Gasteiger partial charge >= 0.3 is 0 Å². The minimum atomic E-state index is -0.559.